The van der Waals surface area contributed by atoms with Crippen molar-refractivity contribution in [2.75, 3.05) is 0 Å². The zero-order chi connectivity index (χ0) is 13.7. The van der Waals surface area contributed by atoms with Crippen LogP contribution in [0.2, 0.25) is 0 Å². The third-order valence-electron chi connectivity index (χ3n) is 3.36. The molecule has 1 atom stereocenters. The summed E-state index contributed by atoms with van der Waals surface area (Å²) in [6, 6.07) is 19.4. The topological polar surface area (TPSA) is 0 Å². The molecule has 0 saturated heterocycles. The van der Waals surface area contributed by atoms with Crippen molar-refractivity contribution < 1.29 is 4.39 Å². The molecule has 2 aromatic rings. The molecule has 2 aromatic carbocycles. The van der Waals surface area contributed by atoms with E-state index in [-0.39, 0.29) is 0 Å². The molecule has 0 saturated carbocycles. The Kier molecular flexibility index (Phi) is 4.78. The summed E-state index contributed by atoms with van der Waals surface area (Å²) in [6.07, 6.45) is 1.32. The maximum absolute atomic E-state index is 14.8. The van der Waals surface area contributed by atoms with Gasteiger partial charge in [0.05, 0.1) is 0 Å². The molecule has 19 heavy (non-hydrogen) atoms. The van der Waals surface area contributed by atoms with Crippen molar-refractivity contribution in [3.63, 3.8) is 0 Å². The first-order valence-corrected chi connectivity index (χ1v) is 9.72. The van der Waals surface area contributed by atoms with Crippen LogP contribution in [0.4, 0.5) is 4.39 Å². The maximum atomic E-state index is 14.8. The number of alkyl halides is 1. The standard InChI is InChI=1S/C16H18ClFSi/c1-2-9-16(18)19(17,14-10-5-3-6-11-14)15-12-7-4-8-13-15/h3-8,10-13,16H,2,9H2,1H3. The van der Waals surface area contributed by atoms with Crippen molar-refractivity contribution in [2.45, 2.75) is 25.6 Å². The minimum Gasteiger partial charge on any atom is -0.249 e. The first kappa shape index (κ1) is 14.3. The van der Waals surface area contributed by atoms with Crippen LogP contribution in [0, 0.1) is 0 Å². The third kappa shape index (κ3) is 2.90. The molecule has 0 bridgehead atoms. The van der Waals surface area contributed by atoms with Crippen molar-refractivity contribution in [1.29, 1.82) is 0 Å². The van der Waals surface area contributed by atoms with E-state index in [9.17, 15) is 4.39 Å². The monoisotopic (exact) mass is 292 g/mol. The van der Waals surface area contributed by atoms with E-state index in [2.05, 4.69) is 0 Å². The molecule has 100 valence electrons. The molecule has 0 aromatic heterocycles. The molecule has 0 radical (unpaired) electrons. The molecule has 0 N–H and O–H groups in total. The molecule has 0 heterocycles. The lowest BCUT2D eigenvalue weighted by Crippen LogP contribution is -2.61. The molecule has 0 fully saturated rings. The lowest BCUT2D eigenvalue weighted by Gasteiger charge is -2.29. The molecule has 3 heteroatoms. The number of rotatable bonds is 5. The molecule has 0 aliphatic heterocycles. The predicted octanol–water partition coefficient (Wildman–Crippen LogP) is 3.66. The van der Waals surface area contributed by atoms with E-state index >= 15 is 0 Å². The zero-order valence-electron chi connectivity index (χ0n) is 11.0. The van der Waals surface area contributed by atoms with Crippen molar-refractivity contribution in [2.24, 2.45) is 0 Å². The summed E-state index contributed by atoms with van der Waals surface area (Å²) in [7, 11) is -2.82. The van der Waals surface area contributed by atoms with Gasteiger partial charge in [-0.2, -0.15) is 11.1 Å². The van der Waals surface area contributed by atoms with Gasteiger partial charge in [-0.15, -0.1) is 0 Å². The fourth-order valence-corrected chi connectivity index (χ4v) is 6.52. The van der Waals surface area contributed by atoms with Gasteiger partial charge < -0.3 is 0 Å². The van der Waals surface area contributed by atoms with Crippen LogP contribution in [-0.4, -0.2) is 13.2 Å². The number of hydrogen-bond donors (Lipinski definition) is 0. The van der Waals surface area contributed by atoms with Gasteiger partial charge in [-0.25, -0.2) is 4.39 Å². The van der Waals surface area contributed by atoms with Gasteiger partial charge in [0.1, 0.15) is 5.79 Å². The van der Waals surface area contributed by atoms with Gasteiger partial charge in [0, 0.05) is 0 Å². The van der Waals surface area contributed by atoms with Gasteiger partial charge in [-0.1, -0.05) is 74.0 Å². The molecular formula is C16H18ClFSi. The number of hydrogen-bond acceptors (Lipinski definition) is 0. The Morgan fingerprint density at radius 2 is 1.37 bits per heavy atom. The molecular weight excluding hydrogens is 275 g/mol. The predicted molar refractivity (Wildman–Crippen MR) is 83.6 cm³/mol. The van der Waals surface area contributed by atoms with Gasteiger partial charge in [-0.05, 0) is 16.8 Å². The van der Waals surface area contributed by atoms with Gasteiger partial charge in [0.25, 0.3) is 7.38 Å². The Bertz CT molecular complexity index is 461. The van der Waals surface area contributed by atoms with Crippen molar-refractivity contribution in [3.05, 3.63) is 60.7 Å². The van der Waals surface area contributed by atoms with Crippen LogP contribution < -0.4 is 10.4 Å². The van der Waals surface area contributed by atoms with E-state index in [4.69, 9.17) is 11.1 Å². The highest BCUT2D eigenvalue weighted by atomic mass is 35.6. The van der Waals surface area contributed by atoms with Crippen LogP contribution in [0.15, 0.2) is 60.7 Å². The van der Waals surface area contributed by atoms with E-state index < -0.39 is 13.2 Å². The fourth-order valence-electron chi connectivity index (χ4n) is 2.34. The summed E-state index contributed by atoms with van der Waals surface area (Å²) < 4.78 is 14.8. The Labute approximate surface area is 120 Å². The second-order valence-corrected chi connectivity index (χ2v) is 9.69. The Hall–Kier alpha value is -1.12. The molecule has 0 spiro atoms. The van der Waals surface area contributed by atoms with Crippen LogP contribution >= 0.6 is 11.1 Å². The van der Waals surface area contributed by atoms with Crippen LogP contribution in [0.25, 0.3) is 0 Å². The van der Waals surface area contributed by atoms with Gasteiger partial charge in [0.2, 0.25) is 0 Å². The maximum Gasteiger partial charge on any atom is 0.251 e. The lowest BCUT2D eigenvalue weighted by atomic mass is 10.3. The largest absolute Gasteiger partial charge is 0.251 e. The highest BCUT2D eigenvalue weighted by molar-refractivity contribution is 7.34. The molecule has 0 nitrogen and oxygen atoms in total. The lowest BCUT2D eigenvalue weighted by molar-refractivity contribution is 0.408. The quantitative estimate of drug-likeness (QED) is 0.583. The van der Waals surface area contributed by atoms with Gasteiger partial charge in [0.15, 0.2) is 0 Å². The minimum atomic E-state index is -2.82. The molecule has 0 aliphatic carbocycles. The summed E-state index contributed by atoms with van der Waals surface area (Å²) >= 11 is 6.88. The van der Waals surface area contributed by atoms with Crippen molar-refractivity contribution in [1.82, 2.24) is 0 Å². The molecule has 2 rings (SSSR count). The van der Waals surface area contributed by atoms with Gasteiger partial charge >= 0.3 is 0 Å². The molecule has 1 unspecified atom stereocenters. The summed E-state index contributed by atoms with van der Waals surface area (Å²) in [6.45, 7) is 1.99. The highest BCUT2D eigenvalue weighted by Crippen LogP contribution is 2.21. The number of halogens is 2. The first-order chi connectivity index (χ1) is 9.19. The minimum absolute atomic E-state index is 0.513. The van der Waals surface area contributed by atoms with E-state index in [1.54, 1.807) is 0 Å². The van der Waals surface area contributed by atoms with Gasteiger partial charge in [-0.3, -0.25) is 0 Å². The fraction of sp³-hybridized carbons (Fsp3) is 0.250. The van der Waals surface area contributed by atoms with E-state index in [1.165, 1.54) is 0 Å². The summed E-state index contributed by atoms with van der Waals surface area (Å²) in [4.78, 5) is 0. The number of benzene rings is 2. The Morgan fingerprint density at radius 1 is 0.947 bits per heavy atom. The average Bonchev–Trinajstić information content (AvgIpc) is 2.48. The first-order valence-electron chi connectivity index (χ1n) is 6.63. The Balaban J connectivity index is 2.51. The van der Waals surface area contributed by atoms with Crippen molar-refractivity contribution in [3.8, 4) is 0 Å². The normalized spacial score (nSPS) is 13.2. The average molecular weight is 293 g/mol. The molecule has 0 amide bonds. The van der Waals surface area contributed by atoms with Crippen LogP contribution in [-0.2, 0) is 0 Å². The zero-order valence-corrected chi connectivity index (χ0v) is 12.8. The van der Waals surface area contributed by atoms with Crippen molar-refractivity contribution >= 4 is 28.8 Å². The van der Waals surface area contributed by atoms with Crippen LogP contribution in [0.1, 0.15) is 19.8 Å². The van der Waals surface area contributed by atoms with E-state index in [1.807, 2.05) is 67.6 Å². The summed E-state index contributed by atoms with van der Waals surface area (Å²) in [5.74, 6) is -0.969. The van der Waals surface area contributed by atoms with Crippen LogP contribution in [0.3, 0.4) is 0 Å². The van der Waals surface area contributed by atoms with E-state index in [0.29, 0.717) is 6.42 Å². The smallest absolute Gasteiger partial charge is 0.249 e. The molecule has 0 aliphatic rings. The summed E-state index contributed by atoms with van der Waals surface area (Å²) in [5.41, 5.74) is 0. The SMILES string of the molecule is CCCC(F)[Si](Cl)(c1ccccc1)c1ccccc1. The van der Waals surface area contributed by atoms with Crippen LogP contribution in [0.5, 0.6) is 0 Å². The third-order valence-corrected chi connectivity index (χ3v) is 8.88. The van der Waals surface area contributed by atoms with E-state index in [0.717, 1.165) is 16.8 Å². The summed E-state index contributed by atoms with van der Waals surface area (Å²) in [5, 5.41) is 1.90. The second kappa shape index (κ2) is 6.35. The Morgan fingerprint density at radius 3 is 1.74 bits per heavy atom. The highest BCUT2D eigenvalue weighted by Gasteiger charge is 2.43. The second-order valence-electron chi connectivity index (χ2n) is 4.70.